The summed E-state index contributed by atoms with van der Waals surface area (Å²) >= 11 is 0. The highest BCUT2D eigenvalue weighted by Gasteiger charge is 2.37. The molecule has 1 aromatic rings. The SMILES string of the molecule is c1ccc2c(c1)CCCN2CC1(CNC2CC2)CCCC1. The van der Waals surface area contributed by atoms with Crippen LogP contribution >= 0.6 is 0 Å². The summed E-state index contributed by atoms with van der Waals surface area (Å²) in [4.78, 5) is 2.69. The molecule has 1 aromatic carbocycles. The van der Waals surface area contributed by atoms with Crippen molar-refractivity contribution in [3.8, 4) is 0 Å². The molecule has 0 unspecified atom stereocenters. The molecule has 0 bridgehead atoms. The molecular weight excluding hydrogens is 256 g/mol. The van der Waals surface area contributed by atoms with E-state index in [0.29, 0.717) is 5.41 Å². The van der Waals surface area contributed by atoms with Crippen molar-refractivity contribution >= 4 is 5.69 Å². The Kier molecular flexibility index (Phi) is 3.66. The summed E-state index contributed by atoms with van der Waals surface area (Å²) in [5.41, 5.74) is 3.61. The number of anilines is 1. The molecule has 2 aliphatic carbocycles. The Morgan fingerprint density at radius 3 is 2.71 bits per heavy atom. The summed E-state index contributed by atoms with van der Waals surface area (Å²) in [6.45, 7) is 3.77. The molecule has 2 heteroatoms. The largest absolute Gasteiger partial charge is 0.371 e. The Morgan fingerprint density at radius 1 is 1.10 bits per heavy atom. The highest BCUT2D eigenvalue weighted by atomic mass is 15.2. The van der Waals surface area contributed by atoms with Gasteiger partial charge in [-0.05, 0) is 50.2 Å². The van der Waals surface area contributed by atoms with E-state index >= 15 is 0 Å². The lowest BCUT2D eigenvalue weighted by Crippen LogP contribution is -2.44. The van der Waals surface area contributed by atoms with Gasteiger partial charge in [-0.2, -0.15) is 0 Å². The molecular formula is C19H28N2. The first kappa shape index (κ1) is 13.6. The molecule has 3 aliphatic rings. The van der Waals surface area contributed by atoms with Crippen LogP contribution in [0.25, 0.3) is 0 Å². The third-order valence-corrected chi connectivity index (χ3v) is 5.74. The van der Waals surface area contributed by atoms with Crippen LogP contribution in [0.5, 0.6) is 0 Å². The third kappa shape index (κ3) is 2.96. The molecule has 1 N–H and O–H groups in total. The Bertz CT molecular complexity index is 486. The van der Waals surface area contributed by atoms with E-state index in [1.54, 1.807) is 5.56 Å². The zero-order valence-electron chi connectivity index (χ0n) is 13.1. The number of hydrogen-bond donors (Lipinski definition) is 1. The second-order valence-corrected chi connectivity index (χ2v) is 7.52. The molecule has 1 heterocycles. The summed E-state index contributed by atoms with van der Waals surface area (Å²) in [5.74, 6) is 0. The Morgan fingerprint density at radius 2 is 1.90 bits per heavy atom. The van der Waals surface area contributed by atoms with Gasteiger partial charge in [-0.15, -0.1) is 0 Å². The maximum Gasteiger partial charge on any atom is 0.0398 e. The smallest absolute Gasteiger partial charge is 0.0398 e. The minimum absolute atomic E-state index is 0.535. The van der Waals surface area contributed by atoms with E-state index in [-0.39, 0.29) is 0 Å². The van der Waals surface area contributed by atoms with Gasteiger partial charge >= 0.3 is 0 Å². The number of rotatable bonds is 5. The van der Waals surface area contributed by atoms with Crippen LogP contribution < -0.4 is 10.2 Å². The molecule has 4 rings (SSSR count). The predicted molar refractivity (Wildman–Crippen MR) is 88.9 cm³/mol. The van der Waals surface area contributed by atoms with Gasteiger partial charge in [-0.1, -0.05) is 31.0 Å². The van der Waals surface area contributed by atoms with Crippen LogP contribution in [-0.4, -0.2) is 25.7 Å². The first-order chi connectivity index (χ1) is 10.3. The molecule has 2 fully saturated rings. The summed E-state index contributed by atoms with van der Waals surface area (Å²) in [6, 6.07) is 9.91. The predicted octanol–water partition coefficient (Wildman–Crippen LogP) is 3.75. The average molecular weight is 284 g/mol. The first-order valence-corrected chi connectivity index (χ1v) is 8.91. The Hall–Kier alpha value is -1.02. The number of benzene rings is 1. The minimum Gasteiger partial charge on any atom is -0.371 e. The lowest BCUT2D eigenvalue weighted by molar-refractivity contribution is 0.280. The van der Waals surface area contributed by atoms with Crippen LogP contribution in [0.3, 0.4) is 0 Å². The minimum atomic E-state index is 0.535. The van der Waals surface area contributed by atoms with Crippen molar-refractivity contribution in [3.63, 3.8) is 0 Å². The zero-order chi connectivity index (χ0) is 14.1. The number of aryl methyl sites for hydroxylation is 1. The molecule has 1 aliphatic heterocycles. The fourth-order valence-corrected chi connectivity index (χ4v) is 4.34. The van der Waals surface area contributed by atoms with Gasteiger partial charge in [-0.3, -0.25) is 0 Å². The zero-order valence-corrected chi connectivity index (χ0v) is 13.1. The number of fused-ring (bicyclic) bond motifs is 1. The van der Waals surface area contributed by atoms with Gasteiger partial charge in [-0.25, -0.2) is 0 Å². The molecule has 2 saturated carbocycles. The highest BCUT2D eigenvalue weighted by molar-refractivity contribution is 5.55. The standard InChI is InChI=1S/C19H28N2/c1-2-8-18-16(6-1)7-5-13-21(18)15-19(11-3-4-12-19)14-20-17-9-10-17/h1-2,6,8,17,20H,3-5,7,9-15H2. The molecule has 2 nitrogen and oxygen atoms in total. The molecule has 0 saturated heterocycles. The van der Waals surface area contributed by atoms with Gasteiger partial charge in [0.2, 0.25) is 0 Å². The van der Waals surface area contributed by atoms with Gasteiger partial charge in [0, 0.05) is 36.8 Å². The van der Waals surface area contributed by atoms with E-state index in [2.05, 4.69) is 34.5 Å². The second kappa shape index (κ2) is 5.64. The van der Waals surface area contributed by atoms with Crippen molar-refractivity contribution in [2.24, 2.45) is 5.41 Å². The normalized spacial score (nSPS) is 24.1. The maximum absolute atomic E-state index is 3.83. The van der Waals surface area contributed by atoms with E-state index in [1.807, 2.05) is 0 Å². The number of para-hydroxylation sites is 1. The van der Waals surface area contributed by atoms with Crippen molar-refractivity contribution in [3.05, 3.63) is 29.8 Å². The van der Waals surface area contributed by atoms with Gasteiger partial charge in [0.15, 0.2) is 0 Å². The van der Waals surface area contributed by atoms with Gasteiger partial charge in [0.05, 0.1) is 0 Å². The lowest BCUT2D eigenvalue weighted by atomic mass is 9.84. The van der Waals surface area contributed by atoms with Crippen LogP contribution in [0.2, 0.25) is 0 Å². The maximum atomic E-state index is 3.83. The van der Waals surface area contributed by atoms with Gasteiger partial charge in [0.25, 0.3) is 0 Å². The van der Waals surface area contributed by atoms with E-state index in [4.69, 9.17) is 0 Å². The van der Waals surface area contributed by atoms with Crippen LogP contribution in [0, 0.1) is 5.41 Å². The summed E-state index contributed by atoms with van der Waals surface area (Å²) in [6.07, 6.45) is 11.1. The van der Waals surface area contributed by atoms with Crippen LogP contribution in [-0.2, 0) is 6.42 Å². The lowest BCUT2D eigenvalue weighted by Gasteiger charge is -2.40. The van der Waals surface area contributed by atoms with E-state index < -0.39 is 0 Å². The van der Waals surface area contributed by atoms with E-state index in [9.17, 15) is 0 Å². The van der Waals surface area contributed by atoms with Crippen LogP contribution in [0.4, 0.5) is 5.69 Å². The quantitative estimate of drug-likeness (QED) is 0.886. The Balaban J connectivity index is 1.50. The summed E-state index contributed by atoms with van der Waals surface area (Å²) < 4.78 is 0. The fourth-order valence-electron chi connectivity index (χ4n) is 4.34. The summed E-state index contributed by atoms with van der Waals surface area (Å²) in [7, 11) is 0. The summed E-state index contributed by atoms with van der Waals surface area (Å²) in [5, 5.41) is 3.83. The van der Waals surface area contributed by atoms with Gasteiger partial charge < -0.3 is 10.2 Å². The average Bonchev–Trinajstić information content (AvgIpc) is 3.25. The van der Waals surface area contributed by atoms with Crippen LogP contribution in [0.1, 0.15) is 50.5 Å². The number of nitrogens with one attached hydrogen (secondary N) is 1. The molecule has 0 aromatic heterocycles. The monoisotopic (exact) mass is 284 g/mol. The van der Waals surface area contributed by atoms with Gasteiger partial charge in [0.1, 0.15) is 0 Å². The molecule has 0 amide bonds. The molecule has 21 heavy (non-hydrogen) atoms. The molecule has 0 radical (unpaired) electrons. The van der Waals surface area contributed by atoms with Crippen molar-refractivity contribution in [1.29, 1.82) is 0 Å². The topological polar surface area (TPSA) is 15.3 Å². The van der Waals surface area contributed by atoms with Crippen molar-refractivity contribution in [2.75, 3.05) is 24.5 Å². The van der Waals surface area contributed by atoms with Crippen molar-refractivity contribution < 1.29 is 0 Å². The first-order valence-electron chi connectivity index (χ1n) is 8.91. The number of nitrogens with zero attached hydrogens (tertiary/aromatic N) is 1. The van der Waals surface area contributed by atoms with Crippen molar-refractivity contribution in [2.45, 2.75) is 57.4 Å². The Labute approximate surface area is 128 Å². The second-order valence-electron chi connectivity index (χ2n) is 7.52. The third-order valence-electron chi connectivity index (χ3n) is 5.74. The highest BCUT2D eigenvalue weighted by Crippen LogP contribution is 2.41. The molecule has 0 spiro atoms. The van der Waals surface area contributed by atoms with Crippen molar-refractivity contribution in [1.82, 2.24) is 5.32 Å². The fraction of sp³-hybridized carbons (Fsp3) is 0.684. The molecule has 114 valence electrons. The van der Waals surface area contributed by atoms with Crippen LogP contribution in [0.15, 0.2) is 24.3 Å². The number of hydrogen-bond acceptors (Lipinski definition) is 2. The van der Waals surface area contributed by atoms with E-state index in [0.717, 1.165) is 6.04 Å². The molecule has 0 atom stereocenters. The van der Waals surface area contributed by atoms with E-state index in [1.165, 1.54) is 76.7 Å².